The Balaban J connectivity index is 1.65. The first kappa shape index (κ1) is 15.7. The summed E-state index contributed by atoms with van der Waals surface area (Å²) in [5.41, 5.74) is 1.55. The Labute approximate surface area is 139 Å². The van der Waals surface area contributed by atoms with E-state index in [4.69, 9.17) is 16.0 Å². The number of benzene rings is 1. The van der Waals surface area contributed by atoms with Gasteiger partial charge >= 0.3 is 0 Å². The van der Waals surface area contributed by atoms with E-state index >= 15 is 0 Å². The average molecular weight is 331 g/mol. The molecular weight excluding hydrogens is 315 g/mol. The topological polar surface area (TPSA) is 38.1 Å². The Hall–Kier alpha value is -2.17. The SMILES string of the molecule is CC(NCc1ccc(-c2ccc(Cl)cc2)o1)c1ccncc1F. The van der Waals surface area contributed by atoms with Crippen LogP contribution in [-0.2, 0) is 6.54 Å². The molecule has 23 heavy (non-hydrogen) atoms. The van der Waals surface area contributed by atoms with Gasteiger partial charge in [-0.1, -0.05) is 11.6 Å². The maximum absolute atomic E-state index is 13.7. The molecule has 3 aromatic rings. The molecule has 1 unspecified atom stereocenters. The predicted molar refractivity (Wildman–Crippen MR) is 88.6 cm³/mol. The van der Waals surface area contributed by atoms with E-state index in [1.54, 1.807) is 12.3 Å². The van der Waals surface area contributed by atoms with Gasteiger partial charge in [0.2, 0.25) is 0 Å². The summed E-state index contributed by atoms with van der Waals surface area (Å²) >= 11 is 5.88. The van der Waals surface area contributed by atoms with Gasteiger partial charge in [0, 0.05) is 28.4 Å². The fraction of sp³-hybridized carbons (Fsp3) is 0.167. The molecule has 0 aliphatic rings. The molecule has 0 saturated carbocycles. The Morgan fingerprint density at radius 3 is 2.70 bits per heavy atom. The maximum atomic E-state index is 13.7. The second-order valence-electron chi connectivity index (χ2n) is 5.27. The lowest BCUT2D eigenvalue weighted by atomic mass is 10.1. The lowest BCUT2D eigenvalue weighted by Crippen LogP contribution is -2.18. The van der Waals surface area contributed by atoms with Crippen LogP contribution in [0.3, 0.4) is 0 Å². The number of furan rings is 1. The van der Waals surface area contributed by atoms with Crippen molar-refractivity contribution in [1.82, 2.24) is 10.3 Å². The number of aromatic nitrogens is 1. The molecule has 5 heteroatoms. The Bertz CT molecular complexity index is 786. The third-order valence-corrected chi connectivity index (χ3v) is 3.90. The molecule has 1 N–H and O–H groups in total. The molecule has 0 aliphatic carbocycles. The summed E-state index contributed by atoms with van der Waals surface area (Å²) in [6.45, 7) is 2.41. The Morgan fingerprint density at radius 1 is 1.17 bits per heavy atom. The number of hydrogen-bond acceptors (Lipinski definition) is 3. The largest absolute Gasteiger partial charge is 0.460 e. The van der Waals surface area contributed by atoms with Gasteiger partial charge in [-0.3, -0.25) is 4.98 Å². The molecule has 3 nitrogen and oxygen atoms in total. The van der Waals surface area contributed by atoms with Crippen LogP contribution in [0.15, 0.2) is 59.3 Å². The fourth-order valence-corrected chi connectivity index (χ4v) is 2.47. The minimum Gasteiger partial charge on any atom is -0.460 e. The zero-order valence-corrected chi connectivity index (χ0v) is 13.3. The lowest BCUT2D eigenvalue weighted by Gasteiger charge is -2.13. The maximum Gasteiger partial charge on any atom is 0.146 e. The summed E-state index contributed by atoms with van der Waals surface area (Å²) in [5.74, 6) is 1.26. The molecule has 1 aromatic carbocycles. The second-order valence-corrected chi connectivity index (χ2v) is 5.71. The van der Waals surface area contributed by atoms with Crippen LogP contribution >= 0.6 is 11.6 Å². The van der Waals surface area contributed by atoms with Gasteiger partial charge in [-0.2, -0.15) is 0 Å². The molecular formula is C18H16ClFN2O. The quantitative estimate of drug-likeness (QED) is 0.716. The third-order valence-electron chi connectivity index (χ3n) is 3.64. The Kier molecular flexibility index (Phi) is 4.74. The van der Waals surface area contributed by atoms with Crippen LogP contribution in [-0.4, -0.2) is 4.98 Å². The van der Waals surface area contributed by atoms with Gasteiger partial charge in [0.25, 0.3) is 0 Å². The van der Waals surface area contributed by atoms with Gasteiger partial charge < -0.3 is 9.73 Å². The van der Waals surface area contributed by atoms with Crippen molar-refractivity contribution < 1.29 is 8.81 Å². The molecule has 0 spiro atoms. The highest BCUT2D eigenvalue weighted by atomic mass is 35.5. The molecule has 1 atom stereocenters. The molecule has 0 radical (unpaired) electrons. The fourth-order valence-electron chi connectivity index (χ4n) is 2.34. The van der Waals surface area contributed by atoms with Gasteiger partial charge in [-0.15, -0.1) is 0 Å². The van der Waals surface area contributed by atoms with Crippen molar-refractivity contribution in [3.05, 3.63) is 77.0 Å². The van der Waals surface area contributed by atoms with E-state index in [0.717, 1.165) is 17.1 Å². The summed E-state index contributed by atoms with van der Waals surface area (Å²) in [6.07, 6.45) is 2.81. The van der Waals surface area contributed by atoms with Crippen molar-refractivity contribution in [2.45, 2.75) is 19.5 Å². The first-order valence-corrected chi connectivity index (χ1v) is 7.69. The zero-order chi connectivity index (χ0) is 16.2. The molecule has 0 fully saturated rings. The lowest BCUT2D eigenvalue weighted by molar-refractivity contribution is 0.459. The summed E-state index contributed by atoms with van der Waals surface area (Å²) in [6, 6.07) is 12.8. The minimum absolute atomic E-state index is 0.137. The number of nitrogens with zero attached hydrogens (tertiary/aromatic N) is 1. The van der Waals surface area contributed by atoms with Crippen LogP contribution in [0.25, 0.3) is 11.3 Å². The van der Waals surface area contributed by atoms with Crippen LogP contribution < -0.4 is 5.32 Å². The highest BCUT2D eigenvalue weighted by Gasteiger charge is 2.11. The van der Waals surface area contributed by atoms with E-state index in [1.165, 1.54) is 6.20 Å². The van der Waals surface area contributed by atoms with Crippen LogP contribution in [0, 0.1) is 5.82 Å². The monoisotopic (exact) mass is 330 g/mol. The molecule has 2 heterocycles. The first-order valence-electron chi connectivity index (χ1n) is 7.31. The molecule has 118 valence electrons. The van der Waals surface area contributed by atoms with Gasteiger partial charge in [0.1, 0.15) is 17.3 Å². The van der Waals surface area contributed by atoms with Crippen molar-refractivity contribution in [3.63, 3.8) is 0 Å². The van der Waals surface area contributed by atoms with E-state index in [0.29, 0.717) is 17.1 Å². The van der Waals surface area contributed by atoms with Gasteiger partial charge in [0.15, 0.2) is 0 Å². The third kappa shape index (κ3) is 3.78. The van der Waals surface area contributed by atoms with Crippen molar-refractivity contribution >= 4 is 11.6 Å². The van der Waals surface area contributed by atoms with Gasteiger partial charge in [-0.05, 0) is 49.4 Å². The summed E-state index contributed by atoms with van der Waals surface area (Å²) in [5, 5.41) is 3.94. The van der Waals surface area contributed by atoms with Crippen LogP contribution in [0.1, 0.15) is 24.3 Å². The number of nitrogens with one attached hydrogen (secondary N) is 1. The van der Waals surface area contributed by atoms with Crippen LogP contribution in [0.4, 0.5) is 4.39 Å². The normalized spacial score (nSPS) is 12.3. The van der Waals surface area contributed by atoms with E-state index in [2.05, 4.69) is 10.3 Å². The molecule has 0 bridgehead atoms. The van der Waals surface area contributed by atoms with E-state index in [1.807, 2.05) is 43.3 Å². The van der Waals surface area contributed by atoms with Crippen LogP contribution in [0.2, 0.25) is 5.02 Å². The molecule has 0 amide bonds. The zero-order valence-electron chi connectivity index (χ0n) is 12.6. The average Bonchev–Trinajstić information content (AvgIpc) is 3.03. The molecule has 0 aliphatic heterocycles. The van der Waals surface area contributed by atoms with E-state index < -0.39 is 0 Å². The van der Waals surface area contributed by atoms with E-state index in [9.17, 15) is 4.39 Å². The second kappa shape index (κ2) is 6.94. The minimum atomic E-state index is -0.311. The van der Waals surface area contributed by atoms with Gasteiger partial charge in [0.05, 0.1) is 12.7 Å². The highest BCUT2D eigenvalue weighted by Crippen LogP contribution is 2.24. The van der Waals surface area contributed by atoms with Crippen molar-refractivity contribution in [2.24, 2.45) is 0 Å². The molecule has 2 aromatic heterocycles. The summed E-state index contributed by atoms with van der Waals surface area (Å²) in [4.78, 5) is 3.76. The molecule has 3 rings (SSSR count). The Morgan fingerprint density at radius 2 is 1.96 bits per heavy atom. The highest BCUT2D eigenvalue weighted by molar-refractivity contribution is 6.30. The van der Waals surface area contributed by atoms with Gasteiger partial charge in [-0.25, -0.2) is 4.39 Å². The predicted octanol–water partition coefficient (Wildman–Crippen LogP) is 4.98. The van der Waals surface area contributed by atoms with E-state index in [-0.39, 0.29) is 11.9 Å². The van der Waals surface area contributed by atoms with Crippen molar-refractivity contribution in [3.8, 4) is 11.3 Å². The first-order chi connectivity index (χ1) is 11.1. The number of halogens is 2. The summed E-state index contributed by atoms with van der Waals surface area (Å²) < 4.78 is 19.5. The summed E-state index contributed by atoms with van der Waals surface area (Å²) in [7, 11) is 0. The van der Waals surface area contributed by atoms with Crippen molar-refractivity contribution in [1.29, 1.82) is 0 Å². The number of rotatable bonds is 5. The molecule has 0 saturated heterocycles. The van der Waals surface area contributed by atoms with Crippen LogP contribution in [0.5, 0.6) is 0 Å². The number of pyridine rings is 1. The van der Waals surface area contributed by atoms with Crippen molar-refractivity contribution in [2.75, 3.05) is 0 Å². The smallest absolute Gasteiger partial charge is 0.146 e. The standard InChI is InChI=1S/C18H16ClFN2O/c1-12(16-8-9-21-11-17(16)20)22-10-15-6-7-18(23-15)13-2-4-14(19)5-3-13/h2-9,11-12,22H,10H2,1H3. The number of hydrogen-bond donors (Lipinski definition) is 1.